The van der Waals surface area contributed by atoms with E-state index >= 15 is 0 Å². The third-order valence-corrected chi connectivity index (χ3v) is 6.44. The predicted octanol–water partition coefficient (Wildman–Crippen LogP) is 2.89. The molecule has 32 heavy (non-hydrogen) atoms. The van der Waals surface area contributed by atoms with Gasteiger partial charge in [-0.05, 0) is 54.6 Å². The number of benzene rings is 3. The maximum Gasteiger partial charge on any atom is 0.264 e. The van der Waals surface area contributed by atoms with Gasteiger partial charge in [0.05, 0.1) is 24.2 Å². The molecule has 0 fully saturated rings. The summed E-state index contributed by atoms with van der Waals surface area (Å²) >= 11 is 0. The zero-order chi connectivity index (χ0) is 23.1. The Balaban J connectivity index is 1.69. The molecule has 0 aliphatic carbocycles. The summed E-state index contributed by atoms with van der Waals surface area (Å²) in [7, 11) is -0.953. The Bertz CT molecular complexity index is 1200. The molecule has 0 bridgehead atoms. The van der Waals surface area contributed by atoms with Gasteiger partial charge in [0.2, 0.25) is 5.91 Å². The van der Waals surface area contributed by atoms with E-state index in [0.717, 1.165) is 4.31 Å². The number of hydrogen-bond acceptors (Lipinski definition) is 5. The molecule has 0 atom stereocenters. The number of methoxy groups -OCH3 is 1. The number of carbonyl (C=O) groups is 2. The van der Waals surface area contributed by atoms with Crippen molar-refractivity contribution >= 4 is 33.2 Å². The first-order valence-corrected chi connectivity index (χ1v) is 11.1. The van der Waals surface area contributed by atoms with E-state index in [1.165, 1.54) is 38.4 Å². The predicted molar refractivity (Wildman–Crippen MR) is 122 cm³/mol. The first-order chi connectivity index (χ1) is 15.3. The van der Waals surface area contributed by atoms with Crippen molar-refractivity contribution in [2.75, 3.05) is 30.3 Å². The van der Waals surface area contributed by atoms with E-state index in [1.54, 1.807) is 48.5 Å². The highest BCUT2D eigenvalue weighted by molar-refractivity contribution is 7.92. The Morgan fingerprint density at radius 2 is 1.62 bits per heavy atom. The van der Waals surface area contributed by atoms with Crippen molar-refractivity contribution in [3.05, 3.63) is 84.4 Å². The standard InChI is InChI=1S/C23H23N3O5S/c1-26(19-11-13-20(31-2)14-12-19)32(29,30)21-10-6-7-17(15-21)23(28)24-16-22(27)25-18-8-4-3-5-9-18/h3-15H,16H2,1-2H3,(H,24,28)(H,25,27). The second kappa shape index (κ2) is 9.97. The highest BCUT2D eigenvalue weighted by atomic mass is 32.2. The van der Waals surface area contributed by atoms with Crippen LogP contribution >= 0.6 is 0 Å². The molecule has 166 valence electrons. The Kier molecular flexibility index (Phi) is 7.11. The van der Waals surface area contributed by atoms with Crippen LogP contribution in [0.3, 0.4) is 0 Å². The molecule has 3 aromatic rings. The van der Waals surface area contributed by atoms with Gasteiger partial charge in [-0.1, -0.05) is 24.3 Å². The van der Waals surface area contributed by atoms with E-state index in [9.17, 15) is 18.0 Å². The lowest BCUT2D eigenvalue weighted by Gasteiger charge is -2.20. The summed E-state index contributed by atoms with van der Waals surface area (Å²) in [6, 6.07) is 21.1. The van der Waals surface area contributed by atoms with Crippen LogP contribution in [0.25, 0.3) is 0 Å². The lowest BCUT2D eigenvalue weighted by atomic mass is 10.2. The largest absolute Gasteiger partial charge is 0.497 e. The molecule has 3 rings (SSSR count). The molecule has 0 aliphatic heterocycles. The number of anilines is 2. The molecule has 0 heterocycles. The Labute approximate surface area is 186 Å². The van der Waals surface area contributed by atoms with Gasteiger partial charge in [0.25, 0.3) is 15.9 Å². The Hall–Kier alpha value is -3.85. The fourth-order valence-corrected chi connectivity index (χ4v) is 4.12. The number of hydrogen-bond donors (Lipinski definition) is 2. The van der Waals surface area contributed by atoms with Crippen LogP contribution in [-0.2, 0) is 14.8 Å². The molecule has 0 spiro atoms. The summed E-state index contributed by atoms with van der Waals surface area (Å²) in [5, 5.41) is 5.16. The van der Waals surface area contributed by atoms with E-state index in [-0.39, 0.29) is 17.0 Å². The molecule has 0 aromatic heterocycles. The summed E-state index contributed by atoms with van der Waals surface area (Å²) in [4.78, 5) is 24.5. The summed E-state index contributed by atoms with van der Waals surface area (Å²) < 4.78 is 32.3. The quantitative estimate of drug-likeness (QED) is 0.546. The van der Waals surface area contributed by atoms with Crippen molar-refractivity contribution in [1.82, 2.24) is 5.32 Å². The summed E-state index contributed by atoms with van der Waals surface area (Å²) in [5.41, 5.74) is 1.18. The average Bonchev–Trinajstić information content (AvgIpc) is 2.82. The van der Waals surface area contributed by atoms with Crippen molar-refractivity contribution in [1.29, 1.82) is 0 Å². The maximum absolute atomic E-state index is 13.0. The number of rotatable bonds is 8. The fraction of sp³-hybridized carbons (Fsp3) is 0.130. The highest BCUT2D eigenvalue weighted by Gasteiger charge is 2.22. The summed E-state index contributed by atoms with van der Waals surface area (Å²) in [5.74, 6) is -0.348. The van der Waals surface area contributed by atoms with Crippen LogP contribution in [0, 0.1) is 0 Å². The number of carbonyl (C=O) groups excluding carboxylic acids is 2. The number of amides is 2. The topological polar surface area (TPSA) is 105 Å². The van der Waals surface area contributed by atoms with Gasteiger partial charge in [0, 0.05) is 18.3 Å². The third kappa shape index (κ3) is 5.44. The van der Waals surface area contributed by atoms with Gasteiger partial charge in [0.1, 0.15) is 5.75 Å². The van der Waals surface area contributed by atoms with Gasteiger partial charge in [-0.25, -0.2) is 8.42 Å². The van der Waals surface area contributed by atoms with Crippen LogP contribution in [0.5, 0.6) is 5.75 Å². The zero-order valence-corrected chi connectivity index (χ0v) is 18.4. The second-order valence-electron chi connectivity index (χ2n) is 6.80. The molecule has 0 aliphatic rings. The number of para-hydroxylation sites is 1. The van der Waals surface area contributed by atoms with Gasteiger partial charge >= 0.3 is 0 Å². The third-order valence-electron chi connectivity index (χ3n) is 4.66. The monoisotopic (exact) mass is 453 g/mol. The van der Waals surface area contributed by atoms with Crippen LogP contribution < -0.4 is 19.7 Å². The summed E-state index contributed by atoms with van der Waals surface area (Å²) in [6.45, 7) is -0.254. The normalized spacial score (nSPS) is 10.8. The molecule has 0 radical (unpaired) electrons. The van der Waals surface area contributed by atoms with E-state index in [4.69, 9.17) is 4.74 Å². The van der Waals surface area contributed by atoms with Crippen molar-refractivity contribution in [2.24, 2.45) is 0 Å². The Morgan fingerprint density at radius 1 is 0.938 bits per heavy atom. The maximum atomic E-state index is 13.0. The molecular formula is C23H23N3O5S. The minimum absolute atomic E-state index is 0.0443. The van der Waals surface area contributed by atoms with E-state index in [0.29, 0.717) is 17.1 Å². The van der Waals surface area contributed by atoms with Gasteiger partial charge in [-0.2, -0.15) is 0 Å². The fourth-order valence-electron chi connectivity index (χ4n) is 2.88. The van der Waals surface area contributed by atoms with Crippen LogP contribution in [0.2, 0.25) is 0 Å². The molecule has 0 saturated heterocycles. The van der Waals surface area contributed by atoms with Crippen LogP contribution in [0.1, 0.15) is 10.4 Å². The minimum atomic E-state index is -3.91. The Morgan fingerprint density at radius 3 is 2.28 bits per heavy atom. The van der Waals surface area contributed by atoms with Gasteiger partial charge in [-0.3, -0.25) is 13.9 Å². The molecular weight excluding hydrogens is 430 g/mol. The van der Waals surface area contributed by atoms with Crippen molar-refractivity contribution in [3.63, 3.8) is 0 Å². The van der Waals surface area contributed by atoms with Gasteiger partial charge < -0.3 is 15.4 Å². The molecule has 0 saturated carbocycles. The number of ether oxygens (including phenoxy) is 1. The highest BCUT2D eigenvalue weighted by Crippen LogP contribution is 2.24. The first kappa shape index (κ1) is 22.8. The van der Waals surface area contributed by atoms with Crippen LogP contribution in [0.4, 0.5) is 11.4 Å². The molecule has 9 heteroatoms. The minimum Gasteiger partial charge on any atom is -0.497 e. The van der Waals surface area contributed by atoms with Crippen molar-refractivity contribution in [3.8, 4) is 5.75 Å². The first-order valence-electron chi connectivity index (χ1n) is 9.67. The molecule has 2 amide bonds. The van der Waals surface area contributed by atoms with E-state index < -0.39 is 21.8 Å². The molecule has 3 aromatic carbocycles. The smallest absolute Gasteiger partial charge is 0.264 e. The SMILES string of the molecule is COc1ccc(N(C)S(=O)(=O)c2cccc(C(=O)NCC(=O)Nc3ccccc3)c2)cc1. The van der Waals surface area contributed by atoms with E-state index in [2.05, 4.69) is 10.6 Å². The lowest BCUT2D eigenvalue weighted by Crippen LogP contribution is -2.33. The van der Waals surface area contributed by atoms with Crippen molar-refractivity contribution < 1.29 is 22.7 Å². The van der Waals surface area contributed by atoms with Crippen LogP contribution in [0.15, 0.2) is 83.8 Å². The second-order valence-corrected chi connectivity index (χ2v) is 8.76. The molecule has 8 nitrogen and oxygen atoms in total. The van der Waals surface area contributed by atoms with Gasteiger partial charge in [0.15, 0.2) is 0 Å². The number of nitrogens with zero attached hydrogens (tertiary/aromatic N) is 1. The number of sulfonamides is 1. The lowest BCUT2D eigenvalue weighted by molar-refractivity contribution is -0.115. The molecule has 2 N–H and O–H groups in total. The summed E-state index contributed by atoms with van der Waals surface area (Å²) in [6.07, 6.45) is 0. The zero-order valence-electron chi connectivity index (χ0n) is 17.6. The van der Waals surface area contributed by atoms with E-state index in [1.807, 2.05) is 6.07 Å². The van der Waals surface area contributed by atoms with Crippen molar-refractivity contribution in [2.45, 2.75) is 4.90 Å². The number of nitrogens with one attached hydrogen (secondary N) is 2. The van der Waals surface area contributed by atoms with Gasteiger partial charge in [-0.15, -0.1) is 0 Å². The van der Waals surface area contributed by atoms with Crippen LogP contribution in [-0.4, -0.2) is 40.9 Å². The molecule has 0 unspecified atom stereocenters. The average molecular weight is 454 g/mol.